The highest BCUT2D eigenvalue weighted by molar-refractivity contribution is 7.99. The second-order valence-corrected chi connectivity index (χ2v) is 15.2. The number of fused-ring (bicyclic) bond motifs is 9. The van der Waals surface area contributed by atoms with E-state index in [2.05, 4.69) is 172 Å². The highest BCUT2D eigenvalue weighted by Gasteiger charge is 2.52. The van der Waals surface area contributed by atoms with E-state index in [1.807, 2.05) is 23.9 Å². The maximum absolute atomic E-state index is 5.18. The zero-order valence-corrected chi connectivity index (χ0v) is 29.3. The number of hydrogen-bond acceptors (Lipinski definition) is 3. The van der Waals surface area contributed by atoms with Gasteiger partial charge in [0.25, 0.3) is 0 Å². The van der Waals surface area contributed by atoms with E-state index in [0.717, 1.165) is 39.1 Å². The summed E-state index contributed by atoms with van der Waals surface area (Å²) in [5.74, 6) is 0.730. The predicted octanol–water partition coefficient (Wildman–Crippen LogP) is 12.1. The summed E-state index contributed by atoms with van der Waals surface area (Å²) in [4.78, 5) is 12.9. The van der Waals surface area contributed by atoms with Crippen LogP contribution in [0.4, 0.5) is 0 Å². The van der Waals surface area contributed by atoms with Crippen LogP contribution < -0.4 is 0 Å². The fourth-order valence-corrected chi connectivity index (χ4v) is 9.84. The SMILES string of the molecule is CC1(C)c2ccccc2C2(c3ccccc3Sc3ccccc32)c2ccc(-c3cccc(-c4nc(-c5ccccc5)c5ccccc5n4)c3)cc21. The molecule has 0 saturated heterocycles. The Labute approximate surface area is 302 Å². The standard InChI is InChI=1S/C48H34N2S/c1-47(2)36-20-7-8-21-37(36)48(39-22-9-12-25-43(39)51-44-26-13-10-23-40(44)48)38-28-27-33(30-41(38)47)32-17-14-18-34(29-32)46-49-42-24-11-6-19-35(42)45(50-46)31-15-4-3-5-16-31/h3-30H,1-2H3. The van der Waals surface area contributed by atoms with Gasteiger partial charge in [-0.05, 0) is 74.8 Å². The van der Waals surface area contributed by atoms with E-state index < -0.39 is 5.41 Å². The van der Waals surface area contributed by atoms with Crippen molar-refractivity contribution in [1.29, 1.82) is 0 Å². The third-order valence-corrected chi connectivity index (χ3v) is 12.2. The van der Waals surface area contributed by atoms with Crippen LogP contribution >= 0.6 is 11.8 Å². The van der Waals surface area contributed by atoms with Crippen molar-refractivity contribution in [3.63, 3.8) is 0 Å². The van der Waals surface area contributed by atoms with Gasteiger partial charge in [-0.3, -0.25) is 0 Å². The van der Waals surface area contributed by atoms with Crippen LogP contribution in [0.1, 0.15) is 47.2 Å². The van der Waals surface area contributed by atoms with Crippen LogP contribution in [0.3, 0.4) is 0 Å². The third-order valence-electron chi connectivity index (χ3n) is 11.0. The Morgan fingerprint density at radius 2 is 0.980 bits per heavy atom. The summed E-state index contributed by atoms with van der Waals surface area (Å²) in [6.07, 6.45) is 0. The smallest absolute Gasteiger partial charge is 0.160 e. The topological polar surface area (TPSA) is 25.8 Å². The minimum absolute atomic E-state index is 0.217. The molecule has 0 atom stereocenters. The van der Waals surface area contributed by atoms with Crippen molar-refractivity contribution in [1.82, 2.24) is 9.97 Å². The predicted molar refractivity (Wildman–Crippen MR) is 210 cm³/mol. The van der Waals surface area contributed by atoms with Gasteiger partial charge in [0.05, 0.1) is 16.6 Å². The second kappa shape index (κ2) is 11.4. The van der Waals surface area contributed by atoms with E-state index in [9.17, 15) is 0 Å². The van der Waals surface area contributed by atoms with Crippen LogP contribution in [-0.2, 0) is 10.8 Å². The molecule has 242 valence electrons. The number of hydrogen-bond donors (Lipinski definition) is 0. The molecule has 0 N–H and O–H groups in total. The van der Waals surface area contributed by atoms with E-state index in [1.54, 1.807) is 0 Å². The summed E-state index contributed by atoms with van der Waals surface area (Å²) >= 11 is 1.89. The van der Waals surface area contributed by atoms with Gasteiger partial charge in [-0.1, -0.05) is 165 Å². The van der Waals surface area contributed by atoms with Crippen molar-refractivity contribution >= 4 is 22.7 Å². The Hall–Kier alpha value is -5.77. The molecule has 1 aromatic heterocycles. The molecule has 2 heterocycles. The number of aromatic nitrogens is 2. The van der Waals surface area contributed by atoms with Gasteiger partial charge in [-0.15, -0.1) is 0 Å². The molecule has 2 aliphatic rings. The highest BCUT2D eigenvalue weighted by Crippen LogP contribution is 2.61. The van der Waals surface area contributed by atoms with Gasteiger partial charge in [0, 0.05) is 31.7 Å². The van der Waals surface area contributed by atoms with Crippen LogP contribution in [0.15, 0.2) is 180 Å². The first kappa shape index (κ1) is 30.1. The minimum Gasteiger partial charge on any atom is -0.228 e. The van der Waals surface area contributed by atoms with E-state index in [4.69, 9.17) is 9.97 Å². The van der Waals surface area contributed by atoms with E-state index in [-0.39, 0.29) is 5.41 Å². The first-order chi connectivity index (χ1) is 25.0. The normalized spacial score (nSPS) is 14.7. The van der Waals surface area contributed by atoms with Gasteiger partial charge in [0.15, 0.2) is 5.82 Å². The largest absolute Gasteiger partial charge is 0.228 e. The summed E-state index contributed by atoms with van der Waals surface area (Å²) in [5, 5.41) is 1.05. The summed E-state index contributed by atoms with van der Waals surface area (Å²) < 4.78 is 0. The second-order valence-electron chi connectivity index (χ2n) is 14.1. The summed E-state index contributed by atoms with van der Waals surface area (Å²) in [7, 11) is 0. The van der Waals surface area contributed by atoms with Crippen molar-refractivity contribution in [3.8, 4) is 33.8 Å². The van der Waals surface area contributed by atoms with Gasteiger partial charge in [-0.2, -0.15) is 0 Å². The van der Waals surface area contributed by atoms with Crippen LogP contribution in [0, 0.1) is 0 Å². The van der Waals surface area contributed by atoms with Crippen molar-refractivity contribution in [3.05, 3.63) is 203 Å². The van der Waals surface area contributed by atoms with Gasteiger partial charge in [0.1, 0.15) is 0 Å². The molecular formula is C48H34N2S. The molecule has 7 aromatic carbocycles. The van der Waals surface area contributed by atoms with Crippen LogP contribution in [-0.4, -0.2) is 9.97 Å². The molecule has 0 radical (unpaired) electrons. The lowest BCUT2D eigenvalue weighted by Crippen LogP contribution is -2.43. The molecule has 2 nitrogen and oxygen atoms in total. The zero-order chi connectivity index (χ0) is 34.2. The monoisotopic (exact) mass is 670 g/mol. The molecule has 1 aliphatic carbocycles. The maximum Gasteiger partial charge on any atom is 0.160 e. The molecule has 0 amide bonds. The Bertz CT molecular complexity index is 2610. The molecule has 0 fully saturated rings. The first-order valence-electron chi connectivity index (χ1n) is 17.6. The van der Waals surface area contributed by atoms with Crippen molar-refractivity contribution in [2.75, 3.05) is 0 Å². The molecule has 8 aromatic rings. The number of benzene rings is 7. The minimum atomic E-state index is -0.424. The fourth-order valence-electron chi connectivity index (χ4n) is 8.65. The van der Waals surface area contributed by atoms with Gasteiger partial charge < -0.3 is 0 Å². The molecule has 1 spiro atoms. The summed E-state index contributed by atoms with van der Waals surface area (Å²) in [5.41, 5.74) is 13.9. The van der Waals surface area contributed by atoms with Crippen LogP contribution in [0.5, 0.6) is 0 Å². The Kier molecular flexibility index (Phi) is 6.71. The molecule has 1 aliphatic heterocycles. The van der Waals surface area contributed by atoms with Crippen LogP contribution in [0.25, 0.3) is 44.7 Å². The Morgan fingerprint density at radius 1 is 0.412 bits per heavy atom. The van der Waals surface area contributed by atoms with E-state index in [1.165, 1.54) is 48.7 Å². The number of nitrogens with zero attached hydrogens (tertiary/aromatic N) is 2. The number of para-hydroxylation sites is 1. The lowest BCUT2D eigenvalue weighted by molar-refractivity contribution is 0.549. The molecule has 10 rings (SSSR count). The number of rotatable bonds is 3. The molecule has 3 heteroatoms. The fraction of sp³-hybridized carbons (Fsp3) is 0.0833. The lowest BCUT2D eigenvalue weighted by atomic mass is 9.54. The Morgan fingerprint density at radius 3 is 1.75 bits per heavy atom. The summed E-state index contributed by atoms with van der Waals surface area (Å²) in [6, 6.07) is 61.8. The zero-order valence-electron chi connectivity index (χ0n) is 28.5. The molecule has 51 heavy (non-hydrogen) atoms. The molecule has 0 saturated carbocycles. The van der Waals surface area contributed by atoms with Crippen molar-refractivity contribution < 1.29 is 0 Å². The van der Waals surface area contributed by atoms with Crippen molar-refractivity contribution in [2.24, 2.45) is 0 Å². The third kappa shape index (κ3) is 4.44. The average molecular weight is 671 g/mol. The maximum atomic E-state index is 5.18. The molecular weight excluding hydrogens is 637 g/mol. The molecule has 0 unspecified atom stereocenters. The molecule has 0 bridgehead atoms. The highest BCUT2D eigenvalue weighted by atomic mass is 32.2. The summed E-state index contributed by atoms with van der Waals surface area (Å²) in [6.45, 7) is 4.78. The first-order valence-corrected chi connectivity index (χ1v) is 18.4. The Balaban J connectivity index is 1.18. The average Bonchev–Trinajstić information content (AvgIpc) is 3.19. The van der Waals surface area contributed by atoms with Crippen LogP contribution in [0.2, 0.25) is 0 Å². The van der Waals surface area contributed by atoms with E-state index >= 15 is 0 Å². The van der Waals surface area contributed by atoms with Gasteiger partial charge in [-0.25, -0.2) is 9.97 Å². The van der Waals surface area contributed by atoms with E-state index in [0.29, 0.717) is 0 Å². The van der Waals surface area contributed by atoms with Gasteiger partial charge >= 0.3 is 0 Å². The quantitative estimate of drug-likeness (QED) is 0.187. The lowest BCUT2D eigenvalue weighted by Gasteiger charge is -2.50. The van der Waals surface area contributed by atoms with Gasteiger partial charge in [0.2, 0.25) is 0 Å². The van der Waals surface area contributed by atoms with Crippen molar-refractivity contribution in [2.45, 2.75) is 34.5 Å².